The van der Waals surface area contributed by atoms with E-state index in [9.17, 15) is 4.79 Å². The molecule has 1 aliphatic carbocycles. The smallest absolute Gasteiger partial charge is 0.410 e. The number of ether oxygens (including phenoxy) is 1. The molecule has 0 aromatic carbocycles. The average molecular weight is 213 g/mol. The van der Waals surface area contributed by atoms with Crippen LogP contribution in [0.15, 0.2) is 0 Å². The molecule has 1 fully saturated rings. The van der Waals surface area contributed by atoms with Crippen LogP contribution in [0.25, 0.3) is 0 Å². The summed E-state index contributed by atoms with van der Waals surface area (Å²) in [6.45, 7) is 6.53. The van der Waals surface area contributed by atoms with Crippen molar-refractivity contribution in [3.05, 3.63) is 0 Å². The number of nitrogens with zero attached hydrogens (tertiary/aromatic N) is 1. The number of hydrogen-bond donors (Lipinski definition) is 0. The summed E-state index contributed by atoms with van der Waals surface area (Å²) in [7, 11) is 1.83. The maximum absolute atomic E-state index is 11.7. The Morgan fingerprint density at radius 3 is 2.33 bits per heavy atom. The Kier molecular flexibility index (Phi) is 4.00. The standard InChI is InChI=1S/C12H23NO2/c1-12(2,3)15-11(14)13(4)9-10-7-5-6-8-10/h10H,5-9H2,1-4H3. The van der Waals surface area contributed by atoms with E-state index in [0.717, 1.165) is 6.54 Å². The van der Waals surface area contributed by atoms with Crippen molar-refractivity contribution in [1.82, 2.24) is 4.90 Å². The number of hydrogen-bond acceptors (Lipinski definition) is 2. The van der Waals surface area contributed by atoms with Gasteiger partial charge in [0.15, 0.2) is 0 Å². The molecule has 0 aliphatic heterocycles. The van der Waals surface area contributed by atoms with E-state index in [4.69, 9.17) is 4.74 Å². The first-order valence-electron chi connectivity index (χ1n) is 5.82. The van der Waals surface area contributed by atoms with E-state index in [2.05, 4.69) is 0 Å². The third-order valence-corrected chi connectivity index (χ3v) is 2.71. The molecule has 0 atom stereocenters. The lowest BCUT2D eigenvalue weighted by atomic mass is 10.1. The van der Waals surface area contributed by atoms with Crippen LogP contribution < -0.4 is 0 Å². The molecule has 15 heavy (non-hydrogen) atoms. The van der Waals surface area contributed by atoms with Crippen molar-refractivity contribution in [1.29, 1.82) is 0 Å². The van der Waals surface area contributed by atoms with Crippen molar-refractivity contribution in [2.45, 2.75) is 52.1 Å². The highest BCUT2D eigenvalue weighted by Gasteiger charge is 2.23. The summed E-state index contributed by atoms with van der Waals surface area (Å²) in [5.41, 5.74) is -0.388. The lowest BCUT2D eigenvalue weighted by Crippen LogP contribution is -2.36. The van der Waals surface area contributed by atoms with Crippen LogP contribution in [0.2, 0.25) is 0 Å². The SMILES string of the molecule is CN(CC1CCCC1)C(=O)OC(C)(C)C. The molecule has 0 N–H and O–H groups in total. The quantitative estimate of drug-likeness (QED) is 0.705. The molecule has 0 spiro atoms. The van der Waals surface area contributed by atoms with Gasteiger partial charge in [0, 0.05) is 13.6 Å². The molecule has 0 heterocycles. The van der Waals surface area contributed by atoms with Crippen molar-refractivity contribution >= 4 is 6.09 Å². The van der Waals surface area contributed by atoms with Gasteiger partial charge in [-0.05, 0) is 39.5 Å². The molecule has 0 aromatic rings. The van der Waals surface area contributed by atoms with Crippen molar-refractivity contribution in [2.24, 2.45) is 5.92 Å². The van der Waals surface area contributed by atoms with Crippen LogP contribution >= 0.6 is 0 Å². The molecule has 88 valence electrons. The van der Waals surface area contributed by atoms with Gasteiger partial charge in [0.2, 0.25) is 0 Å². The minimum Gasteiger partial charge on any atom is -0.444 e. The van der Waals surface area contributed by atoms with Crippen molar-refractivity contribution in [3.63, 3.8) is 0 Å². The summed E-state index contributed by atoms with van der Waals surface area (Å²) in [5, 5.41) is 0. The third-order valence-electron chi connectivity index (χ3n) is 2.71. The van der Waals surface area contributed by atoms with Gasteiger partial charge in [-0.2, -0.15) is 0 Å². The molecule has 1 aliphatic rings. The van der Waals surface area contributed by atoms with E-state index in [-0.39, 0.29) is 11.7 Å². The van der Waals surface area contributed by atoms with E-state index in [1.54, 1.807) is 4.90 Å². The van der Waals surface area contributed by atoms with Gasteiger partial charge < -0.3 is 9.64 Å². The molecule has 0 bridgehead atoms. The van der Waals surface area contributed by atoms with Gasteiger partial charge in [-0.25, -0.2) is 4.79 Å². The van der Waals surface area contributed by atoms with Gasteiger partial charge >= 0.3 is 6.09 Å². The number of amides is 1. The van der Waals surface area contributed by atoms with Crippen LogP contribution in [0.4, 0.5) is 4.79 Å². The first-order valence-corrected chi connectivity index (χ1v) is 5.82. The normalized spacial score (nSPS) is 17.9. The Morgan fingerprint density at radius 1 is 1.33 bits per heavy atom. The largest absolute Gasteiger partial charge is 0.444 e. The Hall–Kier alpha value is -0.730. The highest BCUT2D eigenvalue weighted by molar-refractivity contribution is 5.67. The summed E-state index contributed by atoms with van der Waals surface area (Å²) >= 11 is 0. The van der Waals surface area contributed by atoms with E-state index < -0.39 is 0 Å². The molecule has 0 radical (unpaired) electrons. The fourth-order valence-corrected chi connectivity index (χ4v) is 1.99. The number of carbonyl (C=O) groups excluding carboxylic acids is 1. The maximum Gasteiger partial charge on any atom is 0.410 e. The predicted molar refractivity (Wildman–Crippen MR) is 60.8 cm³/mol. The zero-order valence-electron chi connectivity index (χ0n) is 10.4. The molecule has 0 saturated heterocycles. The highest BCUT2D eigenvalue weighted by atomic mass is 16.6. The van der Waals surface area contributed by atoms with E-state index in [1.165, 1.54) is 25.7 Å². The minimum atomic E-state index is -0.388. The first-order chi connectivity index (χ1) is 6.88. The molecule has 0 aromatic heterocycles. The number of carbonyl (C=O) groups is 1. The van der Waals surface area contributed by atoms with Crippen LogP contribution in [0.5, 0.6) is 0 Å². The fourth-order valence-electron chi connectivity index (χ4n) is 1.99. The van der Waals surface area contributed by atoms with Crippen LogP contribution in [0.1, 0.15) is 46.5 Å². The molecular formula is C12H23NO2. The Bertz CT molecular complexity index is 214. The minimum absolute atomic E-state index is 0.200. The first kappa shape index (κ1) is 12.3. The van der Waals surface area contributed by atoms with Gasteiger partial charge in [-0.1, -0.05) is 12.8 Å². The van der Waals surface area contributed by atoms with Crippen LogP contribution in [0, 0.1) is 5.92 Å². The van der Waals surface area contributed by atoms with Crippen LogP contribution in [-0.4, -0.2) is 30.2 Å². The monoisotopic (exact) mass is 213 g/mol. The van der Waals surface area contributed by atoms with Crippen molar-refractivity contribution in [2.75, 3.05) is 13.6 Å². The molecule has 1 amide bonds. The second-order valence-electron chi connectivity index (χ2n) is 5.51. The predicted octanol–water partition coefficient (Wildman–Crippen LogP) is 3.04. The zero-order chi connectivity index (χ0) is 11.5. The summed E-state index contributed by atoms with van der Waals surface area (Å²) in [5.74, 6) is 0.683. The van der Waals surface area contributed by atoms with Crippen LogP contribution in [0.3, 0.4) is 0 Å². The molecule has 1 saturated carbocycles. The molecule has 1 rings (SSSR count). The molecule has 3 heteroatoms. The second kappa shape index (κ2) is 4.86. The van der Waals surface area contributed by atoms with Gasteiger partial charge in [-0.3, -0.25) is 0 Å². The van der Waals surface area contributed by atoms with Gasteiger partial charge in [0.05, 0.1) is 0 Å². The lowest BCUT2D eigenvalue weighted by Gasteiger charge is -2.26. The Labute approximate surface area is 92.8 Å². The topological polar surface area (TPSA) is 29.5 Å². The van der Waals surface area contributed by atoms with Gasteiger partial charge in [0.25, 0.3) is 0 Å². The summed E-state index contributed by atoms with van der Waals surface area (Å²) in [6, 6.07) is 0. The Morgan fingerprint density at radius 2 is 1.87 bits per heavy atom. The highest BCUT2D eigenvalue weighted by Crippen LogP contribution is 2.25. The third kappa shape index (κ3) is 4.54. The lowest BCUT2D eigenvalue weighted by molar-refractivity contribution is 0.0274. The maximum atomic E-state index is 11.7. The summed E-state index contributed by atoms with van der Waals surface area (Å²) in [4.78, 5) is 13.4. The summed E-state index contributed by atoms with van der Waals surface area (Å²) < 4.78 is 5.30. The zero-order valence-corrected chi connectivity index (χ0v) is 10.4. The average Bonchev–Trinajstić information content (AvgIpc) is 2.53. The van der Waals surface area contributed by atoms with Crippen LogP contribution in [-0.2, 0) is 4.74 Å². The van der Waals surface area contributed by atoms with Gasteiger partial charge in [-0.15, -0.1) is 0 Å². The molecule has 0 unspecified atom stereocenters. The van der Waals surface area contributed by atoms with Crippen molar-refractivity contribution in [3.8, 4) is 0 Å². The van der Waals surface area contributed by atoms with E-state index >= 15 is 0 Å². The molecule has 3 nitrogen and oxygen atoms in total. The van der Waals surface area contributed by atoms with Gasteiger partial charge in [0.1, 0.15) is 5.60 Å². The van der Waals surface area contributed by atoms with E-state index in [0.29, 0.717) is 5.92 Å². The fraction of sp³-hybridized carbons (Fsp3) is 0.917. The van der Waals surface area contributed by atoms with E-state index in [1.807, 2.05) is 27.8 Å². The summed E-state index contributed by atoms with van der Waals surface area (Å²) in [6.07, 6.45) is 4.94. The number of rotatable bonds is 2. The Balaban J connectivity index is 2.32. The van der Waals surface area contributed by atoms with Crippen molar-refractivity contribution < 1.29 is 9.53 Å². The second-order valence-corrected chi connectivity index (χ2v) is 5.51. The molecular weight excluding hydrogens is 190 g/mol.